The second-order valence-electron chi connectivity index (χ2n) is 5.48. The molecule has 1 amide bonds. The maximum absolute atomic E-state index is 12.1. The Bertz CT molecular complexity index is 579. The number of nitrogens with one attached hydrogen (secondary N) is 1. The van der Waals surface area contributed by atoms with Gasteiger partial charge in [-0.1, -0.05) is 6.42 Å². The van der Waals surface area contributed by atoms with E-state index in [1.54, 1.807) is 18.2 Å². The lowest BCUT2D eigenvalue weighted by molar-refractivity contribution is -0.153. The molecule has 1 saturated carbocycles. The van der Waals surface area contributed by atoms with E-state index in [0.29, 0.717) is 43.1 Å². The number of benzene rings is 1. The van der Waals surface area contributed by atoms with Crippen LogP contribution in [0.3, 0.4) is 0 Å². The van der Waals surface area contributed by atoms with Gasteiger partial charge < -0.3 is 19.9 Å². The van der Waals surface area contributed by atoms with Crippen LogP contribution < -0.4 is 14.8 Å². The van der Waals surface area contributed by atoms with Crippen molar-refractivity contribution in [2.45, 2.75) is 19.3 Å². The Kier molecular flexibility index (Phi) is 3.45. The lowest BCUT2D eigenvalue weighted by Gasteiger charge is -2.37. The van der Waals surface area contributed by atoms with E-state index in [4.69, 9.17) is 9.47 Å². The van der Waals surface area contributed by atoms with E-state index in [2.05, 4.69) is 5.32 Å². The van der Waals surface area contributed by atoms with Crippen LogP contribution in [0.25, 0.3) is 0 Å². The van der Waals surface area contributed by atoms with Gasteiger partial charge in [-0.05, 0) is 31.0 Å². The smallest absolute Gasteiger partial charge is 0.311 e. The Hall–Kier alpha value is -2.24. The normalized spacial score (nSPS) is 18.5. The molecule has 1 fully saturated rings. The molecule has 2 N–H and O–H groups in total. The Morgan fingerprint density at radius 1 is 1.19 bits per heavy atom. The molecule has 1 aliphatic heterocycles. The van der Waals surface area contributed by atoms with Crippen molar-refractivity contribution in [3.8, 4) is 11.5 Å². The van der Waals surface area contributed by atoms with Crippen molar-refractivity contribution in [3.05, 3.63) is 23.8 Å². The van der Waals surface area contributed by atoms with E-state index in [1.807, 2.05) is 0 Å². The van der Waals surface area contributed by atoms with E-state index < -0.39 is 11.4 Å². The summed E-state index contributed by atoms with van der Waals surface area (Å²) in [5, 5.41) is 12.0. The molecule has 6 heteroatoms. The minimum absolute atomic E-state index is 0.162. The third kappa shape index (κ3) is 2.53. The number of carboxylic acid groups (broad SMARTS) is 1. The minimum Gasteiger partial charge on any atom is -0.486 e. The first-order valence-corrected chi connectivity index (χ1v) is 7.02. The fourth-order valence-electron chi connectivity index (χ4n) is 2.61. The van der Waals surface area contributed by atoms with Crippen LogP contribution >= 0.6 is 0 Å². The molecule has 0 aromatic heterocycles. The zero-order valence-corrected chi connectivity index (χ0v) is 11.6. The van der Waals surface area contributed by atoms with Crippen LogP contribution in [0.2, 0.25) is 0 Å². The second-order valence-corrected chi connectivity index (χ2v) is 5.48. The van der Waals surface area contributed by atoms with Crippen LogP contribution in [-0.2, 0) is 4.79 Å². The van der Waals surface area contributed by atoms with Gasteiger partial charge in [-0.3, -0.25) is 9.59 Å². The van der Waals surface area contributed by atoms with Gasteiger partial charge >= 0.3 is 5.97 Å². The quantitative estimate of drug-likeness (QED) is 0.877. The van der Waals surface area contributed by atoms with Gasteiger partial charge in [0.1, 0.15) is 13.2 Å². The molecule has 0 atom stereocenters. The summed E-state index contributed by atoms with van der Waals surface area (Å²) in [5.74, 6) is 0.0417. The molecule has 1 aromatic carbocycles. The number of rotatable bonds is 4. The molecule has 0 bridgehead atoms. The number of ether oxygens (including phenoxy) is 2. The van der Waals surface area contributed by atoms with Crippen LogP contribution in [0.15, 0.2) is 18.2 Å². The van der Waals surface area contributed by atoms with E-state index in [-0.39, 0.29) is 12.5 Å². The van der Waals surface area contributed by atoms with Crippen LogP contribution in [-0.4, -0.2) is 36.7 Å². The van der Waals surface area contributed by atoms with Gasteiger partial charge in [-0.15, -0.1) is 0 Å². The highest BCUT2D eigenvalue weighted by atomic mass is 16.6. The molecule has 3 rings (SSSR count). The molecule has 1 heterocycles. The fraction of sp³-hybridized carbons (Fsp3) is 0.467. The molecule has 112 valence electrons. The average Bonchev–Trinajstić information content (AvgIpc) is 2.45. The number of hydrogen-bond donors (Lipinski definition) is 2. The van der Waals surface area contributed by atoms with E-state index >= 15 is 0 Å². The third-order valence-corrected chi connectivity index (χ3v) is 4.16. The minimum atomic E-state index is -0.837. The number of aliphatic carboxylic acids is 1. The Morgan fingerprint density at radius 3 is 2.52 bits per heavy atom. The third-order valence-electron chi connectivity index (χ3n) is 4.16. The van der Waals surface area contributed by atoms with Crippen LogP contribution in [0.5, 0.6) is 11.5 Å². The van der Waals surface area contributed by atoms with Crippen molar-refractivity contribution in [2.24, 2.45) is 5.41 Å². The van der Waals surface area contributed by atoms with Crippen molar-refractivity contribution in [1.29, 1.82) is 0 Å². The summed E-state index contributed by atoms with van der Waals surface area (Å²) in [4.78, 5) is 23.4. The van der Waals surface area contributed by atoms with Gasteiger partial charge in [-0.2, -0.15) is 0 Å². The SMILES string of the molecule is O=C(NCC1(C(=O)O)CCC1)c1ccc2c(c1)OCCO2. The predicted octanol–water partition coefficient (Wildman–Crippen LogP) is 1.44. The molecule has 2 aliphatic rings. The molecule has 0 unspecified atom stereocenters. The highest BCUT2D eigenvalue weighted by Gasteiger charge is 2.44. The molecule has 0 spiro atoms. The Balaban J connectivity index is 1.67. The van der Waals surface area contributed by atoms with Crippen molar-refractivity contribution in [1.82, 2.24) is 5.32 Å². The van der Waals surface area contributed by atoms with Gasteiger partial charge in [-0.25, -0.2) is 0 Å². The van der Waals surface area contributed by atoms with Crippen LogP contribution in [0.1, 0.15) is 29.6 Å². The highest BCUT2D eigenvalue weighted by Crippen LogP contribution is 2.40. The average molecular weight is 291 g/mol. The van der Waals surface area contributed by atoms with Gasteiger partial charge in [0.2, 0.25) is 0 Å². The summed E-state index contributed by atoms with van der Waals surface area (Å²) in [7, 11) is 0. The largest absolute Gasteiger partial charge is 0.486 e. The van der Waals surface area contributed by atoms with Gasteiger partial charge in [0.15, 0.2) is 11.5 Å². The standard InChI is InChI=1S/C15H17NO5/c17-13(16-9-15(14(18)19)4-1-5-15)10-2-3-11-12(8-10)21-7-6-20-11/h2-3,8H,1,4-7,9H2,(H,16,17)(H,18,19). The monoisotopic (exact) mass is 291 g/mol. The molecule has 6 nitrogen and oxygen atoms in total. The molecule has 1 aromatic rings. The number of carbonyl (C=O) groups excluding carboxylic acids is 1. The summed E-state index contributed by atoms with van der Waals surface area (Å²) in [6, 6.07) is 4.97. The highest BCUT2D eigenvalue weighted by molar-refractivity contribution is 5.95. The Labute approximate surface area is 122 Å². The molecular weight excluding hydrogens is 274 g/mol. The van der Waals surface area contributed by atoms with Crippen molar-refractivity contribution < 1.29 is 24.2 Å². The fourth-order valence-corrected chi connectivity index (χ4v) is 2.61. The zero-order chi connectivity index (χ0) is 14.9. The maximum Gasteiger partial charge on any atom is 0.311 e. The Morgan fingerprint density at radius 2 is 1.90 bits per heavy atom. The topological polar surface area (TPSA) is 84.9 Å². The second kappa shape index (κ2) is 5.27. The van der Waals surface area contributed by atoms with Crippen molar-refractivity contribution >= 4 is 11.9 Å². The van der Waals surface area contributed by atoms with E-state index in [0.717, 1.165) is 6.42 Å². The lowest BCUT2D eigenvalue weighted by Crippen LogP contribution is -2.47. The first-order chi connectivity index (χ1) is 10.1. The zero-order valence-electron chi connectivity index (χ0n) is 11.6. The van der Waals surface area contributed by atoms with Gasteiger partial charge in [0.05, 0.1) is 5.41 Å². The molecular formula is C15H17NO5. The van der Waals surface area contributed by atoms with Gasteiger partial charge in [0, 0.05) is 12.1 Å². The molecule has 1 aliphatic carbocycles. The van der Waals surface area contributed by atoms with Crippen LogP contribution in [0, 0.1) is 5.41 Å². The number of amides is 1. The van der Waals surface area contributed by atoms with Crippen molar-refractivity contribution in [2.75, 3.05) is 19.8 Å². The van der Waals surface area contributed by atoms with E-state index in [1.165, 1.54) is 0 Å². The first-order valence-electron chi connectivity index (χ1n) is 7.02. The summed E-state index contributed by atoms with van der Waals surface area (Å²) in [6.07, 6.45) is 2.12. The number of carboxylic acids is 1. The number of hydrogen-bond acceptors (Lipinski definition) is 4. The molecule has 21 heavy (non-hydrogen) atoms. The maximum atomic E-state index is 12.1. The molecule has 0 radical (unpaired) electrons. The summed E-state index contributed by atoms with van der Waals surface area (Å²) < 4.78 is 10.8. The number of carbonyl (C=O) groups is 2. The predicted molar refractivity (Wildman–Crippen MR) is 73.7 cm³/mol. The van der Waals surface area contributed by atoms with Crippen LogP contribution in [0.4, 0.5) is 0 Å². The molecule has 0 saturated heterocycles. The lowest BCUT2D eigenvalue weighted by atomic mass is 9.69. The van der Waals surface area contributed by atoms with E-state index in [9.17, 15) is 14.7 Å². The number of fused-ring (bicyclic) bond motifs is 1. The van der Waals surface area contributed by atoms with Gasteiger partial charge in [0.25, 0.3) is 5.91 Å². The first kappa shape index (κ1) is 13.7. The summed E-state index contributed by atoms with van der Waals surface area (Å²) >= 11 is 0. The summed E-state index contributed by atoms with van der Waals surface area (Å²) in [5.41, 5.74) is -0.345. The summed E-state index contributed by atoms with van der Waals surface area (Å²) in [6.45, 7) is 1.12. The van der Waals surface area contributed by atoms with Crippen molar-refractivity contribution in [3.63, 3.8) is 0 Å².